The van der Waals surface area contributed by atoms with E-state index in [1.807, 2.05) is 0 Å². The highest BCUT2D eigenvalue weighted by atomic mass is 15.0. The third-order valence-corrected chi connectivity index (χ3v) is 12.6. The number of nitrogens with zero attached hydrogens (tertiary/aromatic N) is 1. The van der Waals surface area contributed by atoms with E-state index in [4.69, 9.17) is 0 Å². The Morgan fingerprint density at radius 1 is 0.407 bits per heavy atom. The Labute approximate surface area is 315 Å². The van der Waals surface area contributed by atoms with Crippen molar-refractivity contribution >= 4 is 54.0 Å². The largest absolute Gasteiger partial charge is 0.314 e. The molecule has 256 valence electrons. The molecular weight excluding hydrogens is 651 g/mol. The Hall–Kier alpha value is -6.44. The van der Waals surface area contributed by atoms with Crippen molar-refractivity contribution in [1.29, 1.82) is 0 Å². The number of hydrogen-bond donors (Lipinski definition) is 0. The Morgan fingerprint density at radius 3 is 1.59 bits per heavy atom. The maximum Gasteiger partial charge on any atom is 0.0540 e. The number of hydrogen-bond acceptors (Lipinski definition) is 0. The summed E-state index contributed by atoms with van der Waals surface area (Å²) >= 11 is 0. The first-order chi connectivity index (χ1) is 26.4. The molecule has 1 nitrogen and oxygen atoms in total. The van der Waals surface area contributed by atoms with Crippen LogP contribution in [-0.2, 0) is 5.41 Å². The summed E-state index contributed by atoms with van der Waals surface area (Å²) in [4.78, 5) is 0. The van der Waals surface area contributed by atoms with E-state index in [1.54, 1.807) is 0 Å². The lowest BCUT2D eigenvalue weighted by atomic mass is 9.82. The minimum Gasteiger partial charge on any atom is -0.314 e. The summed E-state index contributed by atoms with van der Waals surface area (Å²) in [6.45, 7) is 9.33. The first-order valence-corrected chi connectivity index (χ1v) is 19.1. The van der Waals surface area contributed by atoms with Crippen molar-refractivity contribution < 1.29 is 0 Å². The van der Waals surface area contributed by atoms with E-state index in [0.29, 0.717) is 0 Å². The van der Waals surface area contributed by atoms with Crippen LogP contribution in [0.15, 0.2) is 164 Å². The van der Waals surface area contributed by atoms with Gasteiger partial charge in [0.15, 0.2) is 0 Å². The normalized spacial score (nSPS) is 13.3. The van der Waals surface area contributed by atoms with Crippen molar-refractivity contribution in [3.05, 3.63) is 186 Å². The van der Waals surface area contributed by atoms with Crippen LogP contribution < -0.4 is 0 Å². The third kappa shape index (κ3) is 4.33. The van der Waals surface area contributed by atoms with Gasteiger partial charge in [0.25, 0.3) is 0 Å². The van der Waals surface area contributed by atoms with Crippen molar-refractivity contribution in [3.8, 4) is 39.1 Å². The molecule has 0 aliphatic heterocycles. The zero-order valence-corrected chi connectivity index (χ0v) is 31.0. The van der Waals surface area contributed by atoms with E-state index in [-0.39, 0.29) is 5.41 Å². The van der Waals surface area contributed by atoms with E-state index in [1.165, 1.54) is 115 Å². The van der Waals surface area contributed by atoms with Gasteiger partial charge in [0, 0.05) is 22.2 Å². The molecule has 0 unspecified atom stereocenters. The number of rotatable bonds is 3. The smallest absolute Gasteiger partial charge is 0.0540 e. The number of aryl methyl sites for hydroxylation is 1. The number of fused-ring (bicyclic) bond motifs is 8. The van der Waals surface area contributed by atoms with Crippen LogP contribution in [0, 0.1) is 13.8 Å². The second-order valence-corrected chi connectivity index (χ2v) is 15.8. The third-order valence-electron chi connectivity index (χ3n) is 12.6. The Balaban J connectivity index is 1.26. The molecule has 0 bridgehead atoms. The molecule has 0 N–H and O–H groups in total. The maximum absolute atomic E-state index is 2.51. The average molecular weight is 690 g/mol. The second-order valence-electron chi connectivity index (χ2n) is 15.8. The SMILES string of the molecule is Cc1c(C)n(-c2ccc3c(c2)C(C)(C)c2ccccc2-3)c2cc3c(-c4ccc5ccccc5c4)c4ccccc4c(-c4ccc5ccccc5c4)c3cc12. The van der Waals surface area contributed by atoms with Crippen LogP contribution in [0.4, 0.5) is 0 Å². The number of benzene rings is 9. The second kappa shape index (κ2) is 11.3. The fraction of sp³-hybridized carbons (Fsp3) is 0.0943. The van der Waals surface area contributed by atoms with Gasteiger partial charge in [0.2, 0.25) is 0 Å². The summed E-state index contributed by atoms with van der Waals surface area (Å²) < 4.78 is 2.51. The van der Waals surface area contributed by atoms with Gasteiger partial charge < -0.3 is 4.57 Å². The summed E-state index contributed by atoms with van der Waals surface area (Å²) in [6, 6.07) is 61.4. The zero-order chi connectivity index (χ0) is 36.3. The molecule has 0 saturated carbocycles. The van der Waals surface area contributed by atoms with Crippen molar-refractivity contribution in [2.45, 2.75) is 33.1 Å². The summed E-state index contributed by atoms with van der Waals surface area (Å²) in [6.07, 6.45) is 0. The van der Waals surface area contributed by atoms with E-state index >= 15 is 0 Å². The molecular formula is C53H39N. The Bertz CT molecular complexity index is 3210. The van der Waals surface area contributed by atoms with Gasteiger partial charge in [-0.3, -0.25) is 0 Å². The van der Waals surface area contributed by atoms with Gasteiger partial charge in [-0.2, -0.15) is 0 Å². The predicted octanol–water partition coefficient (Wildman–Crippen LogP) is 14.5. The molecule has 1 aliphatic carbocycles. The van der Waals surface area contributed by atoms with Crippen LogP contribution in [-0.4, -0.2) is 4.57 Å². The quantitative estimate of drug-likeness (QED) is 0.163. The van der Waals surface area contributed by atoms with Crippen LogP contribution in [0.3, 0.4) is 0 Å². The first-order valence-electron chi connectivity index (χ1n) is 19.1. The lowest BCUT2D eigenvalue weighted by Gasteiger charge is -2.22. The highest BCUT2D eigenvalue weighted by molar-refractivity contribution is 6.24. The van der Waals surface area contributed by atoms with Gasteiger partial charge in [-0.15, -0.1) is 0 Å². The highest BCUT2D eigenvalue weighted by Crippen LogP contribution is 2.50. The molecule has 0 saturated heterocycles. The average Bonchev–Trinajstić information content (AvgIpc) is 3.59. The van der Waals surface area contributed by atoms with E-state index < -0.39 is 0 Å². The summed E-state index contributed by atoms with van der Waals surface area (Å²) in [5, 5.41) is 11.4. The Morgan fingerprint density at radius 2 is 0.944 bits per heavy atom. The summed E-state index contributed by atoms with van der Waals surface area (Å²) in [5.74, 6) is 0. The molecule has 10 aromatic rings. The predicted molar refractivity (Wildman–Crippen MR) is 231 cm³/mol. The van der Waals surface area contributed by atoms with Crippen LogP contribution in [0.25, 0.3) is 93.1 Å². The van der Waals surface area contributed by atoms with Crippen LogP contribution in [0.1, 0.15) is 36.2 Å². The first kappa shape index (κ1) is 31.1. The molecule has 0 radical (unpaired) electrons. The summed E-state index contributed by atoms with van der Waals surface area (Å²) in [5.41, 5.74) is 15.5. The Kier molecular flexibility index (Phi) is 6.50. The lowest BCUT2D eigenvalue weighted by Crippen LogP contribution is -2.15. The van der Waals surface area contributed by atoms with Crippen molar-refractivity contribution in [2.24, 2.45) is 0 Å². The molecule has 9 aromatic carbocycles. The van der Waals surface area contributed by atoms with Gasteiger partial charge in [-0.05, 0) is 143 Å². The molecule has 0 spiro atoms. The molecule has 11 rings (SSSR count). The molecule has 0 atom stereocenters. The van der Waals surface area contributed by atoms with Crippen molar-refractivity contribution in [2.75, 3.05) is 0 Å². The van der Waals surface area contributed by atoms with Crippen molar-refractivity contribution in [3.63, 3.8) is 0 Å². The molecule has 1 heteroatoms. The lowest BCUT2D eigenvalue weighted by molar-refractivity contribution is 0.659. The minimum absolute atomic E-state index is 0.0720. The van der Waals surface area contributed by atoms with Gasteiger partial charge in [0.1, 0.15) is 0 Å². The fourth-order valence-corrected chi connectivity index (χ4v) is 9.72. The molecule has 1 aromatic heterocycles. The van der Waals surface area contributed by atoms with E-state index in [2.05, 4.69) is 196 Å². The van der Waals surface area contributed by atoms with E-state index in [0.717, 1.165) is 0 Å². The maximum atomic E-state index is 2.51. The molecule has 1 heterocycles. The molecule has 0 fully saturated rings. The topological polar surface area (TPSA) is 4.93 Å². The van der Waals surface area contributed by atoms with Gasteiger partial charge in [-0.1, -0.05) is 141 Å². The summed E-state index contributed by atoms with van der Waals surface area (Å²) in [7, 11) is 0. The molecule has 0 amide bonds. The van der Waals surface area contributed by atoms with Gasteiger partial charge in [-0.25, -0.2) is 0 Å². The zero-order valence-electron chi connectivity index (χ0n) is 31.0. The minimum atomic E-state index is -0.0720. The number of aromatic nitrogens is 1. The van der Waals surface area contributed by atoms with E-state index in [9.17, 15) is 0 Å². The van der Waals surface area contributed by atoms with Gasteiger partial charge >= 0.3 is 0 Å². The molecule has 54 heavy (non-hydrogen) atoms. The monoisotopic (exact) mass is 689 g/mol. The van der Waals surface area contributed by atoms with Gasteiger partial charge in [0.05, 0.1) is 5.52 Å². The van der Waals surface area contributed by atoms with Crippen molar-refractivity contribution in [1.82, 2.24) is 4.57 Å². The van der Waals surface area contributed by atoms with Crippen LogP contribution >= 0.6 is 0 Å². The fourth-order valence-electron chi connectivity index (χ4n) is 9.72. The van der Waals surface area contributed by atoms with Crippen LogP contribution in [0.2, 0.25) is 0 Å². The standard InChI is InChI=1S/C53H39N/c1-32-33(2)54(40-25-26-42-41-17-11-12-20-48(41)53(3,4)49(42)29-40)50-31-47-46(30-45(32)50)51(38-23-21-34-13-5-7-15-36(34)27-38)43-18-9-10-19-44(43)52(47)39-24-22-35-14-6-8-16-37(35)28-39/h5-31H,1-4H3. The van der Waals surface area contributed by atoms with Crippen LogP contribution in [0.5, 0.6) is 0 Å². The molecule has 1 aliphatic rings. The highest BCUT2D eigenvalue weighted by Gasteiger charge is 2.35.